The lowest BCUT2D eigenvalue weighted by Gasteiger charge is -2.32. The van der Waals surface area contributed by atoms with Gasteiger partial charge in [-0.2, -0.15) is 5.10 Å². The van der Waals surface area contributed by atoms with Gasteiger partial charge in [0.05, 0.1) is 12.7 Å². The Morgan fingerprint density at radius 2 is 2.41 bits per heavy atom. The predicted molar refractivity (Wildman–Crippen MR) is 77.6 cm³/mol. The molecule has 1 aromatic carbocycles. The Kier molecular flexibility index (Phi) is 4.47. The lowest BCUT2D eigenvalue weighted by molar-refractivity contribution is -0.0461. The van der Waals surface area contributed by atoms with Gasteiger partial charge in [0.25, 0.3) is 0 Å². The molecule has 118 valence electrons. The van der Waals surface area contributed by atoms with Crippen molar-refractivity contribution in [2.24, 2.45) is 0 Å². The average molecular weight is 306 g/mol. The molecule has 2 aromatic rings. The highest BCUT2D eigenvalue weighted by atomic mass is 19.1. The van der Waals surface area contributed by atoms with Gasteiger partial charge in [0.15, 0.2) is 5.82 Å². The van der Waals surface area contributed by atoms with E-state index < -0.39 is 6.10 Å². The highest BCUT2D eigenvalue weighted by Crippen LogP contribution is 2.22. The average Bonchev–Trinajstić information content (AvgIpc) is 2.94. The lowest BCUT2D eigenvalue weighted by Crippen LogP contribution is -2.40. The molecule has 7 heteroatoms. The Morgan fingerprint density at radius 3 is 3.14 bits per heavy atom. The third-order valence-corrected chi connectivity index (χ3v) is 3.72. The van der Waals surface area contributed by atoms with E-state index in [9.17, 15) is 9.50 Å². The van der Waals surface area contributed by atoms with Gasteiger partial charge in [-0.15, -0.1) is 0 Å². The topological polar surface area (TPSA) is 74.3 Å². The summed E-state index contributed by atoms with van der Waals surface area (Å²) in [4.78, 5) is 6.37. The zero-order valence-electron chi connectivity index (χ0n) is 12.4. The number of aromatic nitrogens is 3. The van der Waals surface area contributed by atoms with Crippen molar-refractivity contribution in [3.8, 4) is 0 Å². The molecule has 1 aliphatic rings. The normalized spacial score (nSPS) is 21.0. The van der Waals surface area contributed by atoms with Crippen LogP contribution in [0.5, 0.6) is 0 Å². The molecule has 1 fully saturated rings. The van der Waals surface area contributed by atoms with E-state index in [0.29, 0.717) is 37.6 Å². The second-order valence-corrected chi connectivity index (χ2v) is 5.47. The summed E-state index contributed by atoms with van der Waals surface area (Å²) in [5.74, 6) is 1.03. The number of halogens is 1. The quantitative estimate of drug-likeness (QED) is 0.892. The summed E-state index contributed by atoms with van der Waals surface area (Å²) in [7, 11) is 0. The minimum absolute atomic E-state index is 0.210. The fourth-order valence-electron chi connectivity index (χ4n) is 2.59. The molecule has 0 aliphatic carbocycles. The molecular weight excluding hydrogens is 287 g/mol. The number of hydrogen-bond acceptors (Lipinski definition) is 5. The van der Waals surface area contributed by atoms with Gasteiger partial charge in [0, 0.05) is 19.6 Å². The van der Waals surface area contributed by atoms with Crippen molar-refractivity contribution in [1.29, 1.82) is 0 Å². The minimum atomic E-state index is -0.733. The van der Waals surface area contributed by atoms with Crippen LogP contribution in [-0.4, -0.2) is 51.4 Å². The van der Waals surface area contributed by atoms with E-state index in [1.165, 1.54) is 12.1 Å². The molecule has 2 atom stereocenters. The molecule has 1 saturated heterocycles. The number of aromatic amines is 1. The molecule has 2 heterocycles. The van der Waals surface area contributed by atoms with Gasteiger partial charge in [-0.05, 0) is 24.6 Å². The van der Waals surface area contributed by atoms with Crippen LogP contribution in [0.15, 0.2) is 24.3 Å². The molecule has 1 aromatic heterocycles. The summed E-state index contributed by atoms with van der Waals surface area (Å²) < 4.78 is 18.9. The molecular formula is C15H19FN4O2. The van der Waals surface area contributed by atoms with Crippen molar-refractivity contribution in [3.63, 3.8) is 0 Å². The summed E-state index contributed by atoms with van der Waals surface area (Å²) in [6, 6.07) is 6.06. The number of aliphatic hydroxyl groups excluding tert-OH is 1. The molecule has 0 spiro atoms. The molecule has 6 nitrogen and oxygen atoms in total. The van der Waals surface area contributed by atoms with Gasteiger partial charge in [0.2, 0.25) is 0 Å². The van der Waals surface area contributed by atoms with Crippen molar-refractivity contribution in [2.75, 3.05) is 26.2 Å². The Hall–Kier alpha value is -1.83. The fraction of sp³-hybridized carbons (Fsp3) is 0.467. The Morgan fingerprint density at radius 1 is 1.55 bits per heavy atom. The van der Waals surface area contributed by atoms with Gasteiger partial charge >= 0.3 is 0 Å². The Labute approximate surface area is 127 Å². The standard InChI is InChI=1S/C15H19FN4O2/c1-10-17-15(19-18-10)14-9-20(5-6-22-14)8-13(21)11-3-2-4-12(16)7-11/h2-4,7,13-14,21H,5-6,8-9H2,1H3,(H,17,18,19)/t13-,14+/m0/s1. The van der Waals surface area contributed by atoms with Crippen molar-refractivity contribution >= 4 is 0 Å². The number of nitrogens with zero attached hydrogens (tertiary/aromatic N) is 3. The van der Waals surface area contributed by atoms with Crippen LogP contribution in [0.2, 0.25) is 0 Å². The Bertz CT molecular complexity index is 634. The summed E-state index contributed by atoms with van der Waals surface area (Å²) in [5.41, 5.74) is 0.580. The van der Waals surface area contributed by atoms with Gasteiger partial charge in [-0.3, -0.25) is 10.00 Å². The maximum Gasteiger partial charge on any atom is 0.180 e. The van der Waals surface area contributed by atoms with Gasteiger partial charge in [-0.1, -0.05) is 12.1 Å². The van der Waals surface area contributed by atoms with E-state index in [0.717, 1.165) is 5.82 Å². The maximum atomic E-state index is 13.2. The van der Waals surface area contributed by atoms with Crippen molar-refractivity contribution in [1.82, 2.24) is 20.1 Å². The largest absolute Gasteiger partial charge is 0.387 e. The lowest BCUT2D eigenvalue weighted by atomic mass is 10.1. The SMILES string of the molecule is Cc1nc([C@H]2CN(C[C@H](O)c3cccc(F)c3)CCO2)n[nH]1. The molecule has 0 bridgehead atoms. The van der Waals surface area contributed by atoms with E-state index in [2.05, 4.69) is 20.1 Å². The van der Waals surface area contributed by atoms with E-state index in [4.69, 9.17) is 4.74 Å². The zero-order chi connectivity index (χ0) is 15.5. The highest BCUT2D eigenvalue weighted by Gasteiger charge is 2.26. The summed E-state index contributed by atoms with van der Waals surface area (Å²) >= 11 is 0. The third kappa shape index (κ3) is 3.49. The molecule has 1 aliphatic heterocycles. The summed E-state index contributed by atoms with van der Waals surface area (Å²) in [6.45, 7) is 4.13. The first-order chi connectivity index (χ1) is 10.6. The number of aryl methyl sites for hydroxylation is 1. The van der Waals surface area contributed by atoms with Crippen molar-refractivity contribution in [2.45, 2.75) is 19.1 Å². The van der Waals surface area contributed by atoms with Gasteiger partial charge < -0.3 is 9.84 Å². The number of β-amino-alcohol motifs (C(OH)–C–C–N with tert-alkyl or cyclic N) is 1. The van der Waals surface area contributed by atoms with E-state index >= 15 is 0 Å². The van der Waals surface area contributed by atoms with E-state index in [-0.39, 0.29) is 11.9 Å². The van der Waals surface area contributed by atoms with Crippen molar-refractivity contribution in [3.05, 3.63) is 47.3 Å². The van der Waals surface area contributed by atoms with Gasteiger partial charge in [-0.25, -0.2) is 9.37 Å². The molecule has 2 N–H and O–H groups in total. The number of morpholine rings is 1. The van der Waals surface area contributed by atoms with Crippen LogP contribution < -0.4 is 0 Å². The second kappa shape index (κ2) is 6.51. The first kappa shape index (κ1) is 15.1. The minimum Gasteiger partial charge on any atom is -0.387 e. The summed E-state index contributed by atoms with van der Waals surface area (Å²) in [5, 5.41) is 17.2. The smallest absolute Gasteiger partial charge is 0.180 e. The first-order valence-electron chi connectivity index (χ1n) is 7.28. The number of aliphatic hydroxyl groups is 1. The molecule has 0 unspecified atom stereocenters. The number of rotatable bonds is 4. The van der Waals surface area contributed by atoms with Crippen LogP contribution in [-0.2, 0) is 4.74 Å². The molecule has 3 rings (SSSR count). The number of ether oxygens (including phenoxy) is 1. The van der Waals surface area contributed by atoms with E-state index in [1.807, 2.05) is 6.92 Å². The number of hydrogen-bond donors (Lipinski definition) is 2. The third-order valence-electron chi connectivity index (χ3n) is 3.72. The Balaban J connectivity index is 1.62. The molecule has 0 radical (unpaired) electrons. The van der Waals surface area contributed by atoms with Gasteiger partial charge in [0.1, 0.15) is 17.7 Å². The first-order valence-corrected chi connectivity index (χ1v) is 7.28. The highest BCUT2D eigenvalue weighted by molar-refractivity contribution is 5.19. The summed E-state index contributed by atoms with van der Waals surface area (Å²) in [6.07, 6.45) is -0.943. The second-order valence-electron chi connectivity index (χ2n) is 5.47. The van der Waals surface area contributed by atoms with Crippen LogP contribution in [0.4, 0.5) is 4.39 Å². The zero-order valence-corrected chi connectivity index (χ0v) is 12.4. The van der Waals surface area contributed by atoms with Crippen LogP contribution in [0, 0.1) is 12.7 Å². The molecule has 0 amide bonds. The van der Waals surface area contributed by atoms with Crippen LogP contribution in [0.25, 0.3) is 0 Å². The molecule has 0 saturated carbocycles. The fourth-order valence-corrected chi connectivity index (χ4v) is 2.59. The van der Waals surface area contributed by atoms with Crippen LogP contribution >= 0.6 is 0 Å². The van der Waals surface area contributed by atoms with Crippen LogP contribution in [0.3, 0.4) is 0 Å². The monoisotopic (exact) mass is 306 g/mol. The van der Waals surface area contributed by atoms with Crippen molar-refractivity contribution < 1.29 is 14.2 Å². The number of nitrogens with one attached hydrogen (secondary N) is 1. The maximum absolute atomic E-state index is 13.2. The number of H-pyrrole nitrogens is 1. The van der Waals surface area contributed by atoms with E-state index in [1.54, 1.807) is 12.1 Å². The predicted octanol–water partition coefficient (Wildman–Crippen LogP) is 1.36. The number of benzene rings is 1. The van der Waals surface area contributed by atoms with Crippen LogP contribution in [0.1, 0.15) is 29.4 Å². The molecule has 22 heavy (non-hydrogen) atoms.